The number of aldehydes is 1. The van der Waals surface area contributed by atoms with E-state index in [2.05, 4.69) is 20.7 Å². The molecule has 0 aliphatic heterocycles. The molecule has 25 heavy (non-hydrogen) atoms. The Kier molecular flexibility index (Phi) is 3.72. The first-order valence-electron chi connectivity index (χ1n) is 7.89. The monoisotopic (exact) mass is 341 g/mol. The lowest BCUT2D eigenvalue weighted by Gasteiger charge is -2.14. The summed E-state index contributed by atoms with van der Waals surface area (Å²) >= 11 is 0. The number of halogens is 1. The van der Waals surface area contributed by atoms with Crippen molar-refractivity contribution in [1.29, 1.82) is 0 Å². The van der Waals surface area contributed by atoms with Crippen molar-refractivity contribution in [2.75, 3.05) is 17.7 Å². The summed E-state index contributed by atoms with van der Waals surface area (Å²) in [6.45, 7) is 0. The fraction of sp³-hybridized carbons (Fsp3) is 0.235. The van der Waals surface area contributed by atoms with Crippen LogP contribution in [0.3, 0.4) is 0 Å². The Bertz CT molecular complexity index is 952. The third-order valence-corrected chi connectivity index (χ3v) is 4.00. The van der Waals surface area contributed by atoms with Crippen LogP contribution in [0.2, 0.25) is 0 Å². The van der Waals surface area contributed by atoms with E-state index in [9.17, 15) is 9.18 Å². The van der Waals surface area contributed by atoms with Gasteiger partial charge in [-0.1, -0.05) is 6.07 Å². The topological polar surface area (TPSA) is 80.5 Å². The Morgan fingerprint density at radius 3 is 2.96 bits per heavy atom. The van der Waals surface area contributed by atoms with Crippen molar-refractivity contribution in [2.24, 2.45) is 0 Å². The number of rotatable bonds is 6. The highest BCUT2D eigenvalue weighted by Crippen LogP contribution is 2.32. The SMILES string of the molecule is COc1cccc(F)c1Nc1cc(NC2CC2)n2ncc(C=O)c2n1. The molecule has 3 aromatic rings. The first-order chi connectivity index (χ1) is 12.2. The molecule has 1 aliphatic rings. The molecule has 0 radical (unpaired) electrons. The van der Waals surface area contributed by atoms with E-state index in [1.807, 2.05) is 0 Å². The maximum absolute atomic E-state index is 14.2. The summed E-state index contributed by atoms with van der Waals surface area (Å²) in [5, 5.41) is 10.5. The molecule has 0 atom stereocenters. The van der Waals surface area contributed by atoms with E-state index in [4.69, 9.17) is 4.74 Å². The van der Waals surface area contributed by atoms with Gasteiger partial charge in [0, 0.05) is 12.1 Å². The van der Waals surface area contributed by atoms with Crippen molar-refractivity contribution >= 4 is 29.3 Å². The van der Waals surface area contributed by atoms with Gasteiger partial charge in [-0.25, -0.2) is 9.37 Å². The lowest BCUT2D eigenvalue weighted by Crippen LogP contribution is -2.09. The van der Waals surface area contributed by atoms with E-state index in [1.54, 1.807) is 22.7 Å². The maximum atomic E-state index is 14.2. The number of carbonyl (C=O) groups is 1. The average Bonchev–Trinajstić information content (AvgIpc) is 3.33. The second-order valence-corrected chi connectivity index (χ2v) is 5.84. The van der Waals surface area contributed by atoms with Crippen molar-refractivity contribution in [3.63, 3.8) is 0 Å². The molecule has 8 heteroatoms. The summed E-state index contributed by atoms with van der Waals surface area (Å²) in [5.41, 5.74) is 0.952. The molecule has 0 bridgehead atoms. The van der Waals surface area contributed by atoms with Gasteiger partial charge < -0.3 is 15.4 Å². The second-order valence-electron chi connectivity index (χ2n) is 5.84. The minimum Gasteiger partial charge on any atom is -0.494 e. The summed E-state index contributed by atoms with van der Waals surface area (Å²) in [4.78, 5) is 15.6. The average molecular weight is 341 g/mol. The number of hydrogen-bond acceptors (Lipinski definition) is 6. The van der Waals surface area contributed by atoms with E-state index >= 15 is 0 Å². The number of carbonyl (C=O) groups excluding carboxylic acids is 1. The van der Waals surface area contributed by atoms with Gasteiger partial charge in [0.2, 0.25) is 0 Å². The summed E-state index contributed by atoms with van der Waals surface area (Å²) in [7, 11) is 1.47. The minimum atomic E-state index is -0.457. The van der Waals surface area contributed by atoms with Gasteiger partial charge >= 0.3 is 0 Å². The van der Waals surface area contributed by atoms with Crippen LogP contribution < -0.4 is 15.4 Å². The summed E-state index contributed by atoms with van der Waals surface area (Å²) < 4.78 is 21.0. The zero-order valence-corrected chi connectivity index (χ0v) is 13.5. The maximum Gasteiger partial charge on any atom is 0.170 e. The van der Waals surface area contributed by atoms with Crippen LogP contribution in [-0.2, 0) is 0 Å². The second kappa shape index (κ2) is 6.04. The van der Waals surface area contributed by atoms with Crippen molar-refractivity contribution in [1.82, 2.24) is 14.6 Å². The van der Waals surface area contributed by atoms with Crippen LogP contribution in [0.15, 0.2) is 30.5 Å². The lowest BCUT2D eigenvalue weighted by molar-refractivity contribution is 0.112. The number of anilines is 3. The molecule has 128 valence electrons. The minimum absolute atomic E-state index is 0.186. The summed E-state index contributed by atoms with van der Waals surface area (Å²) in [6, 6.07) is 6.67. The molecule has 1 aliphatic carbocycles. The zero-order chi connectivity index (χ0) is 17.4. The smallest absolute Gasteiger partial charge is 0.170 e. The summed E-state index contributed by atoms with van der Waals surface area (Å²) in [5.74, 6) is 0.991. The molecular formula is C17H16FN5O2. The first kappa shape index (κ1) is 15.4. The van der Waals surface area contributed by atoms with Gasteiger partial charge in [0.05, 0.1) is 18.9 Å². The highest BCUT2D eigenvalue weighted by molar-refractivity contribution is 5.85. The predicted octanol–water partition coefficient (Wildman–Crippen LogP) is 3.01. The van der Waals surface area contributed by atoms with E-state index in [1.165, 1.54) is 19.4 Å². The molecule has 2 aromatic heterocycles. The molecule has 2 N–H and O–H groups in total. The number of fused-ring (bicyclic) bond motifs is 1. The Labute approximate surface area is 142 Å². The standard InChI is InChI=1S/C17H16FN5O2/c1-25-13-4-2-3-12(18)16(13)21-14-7-15(20-11-5-6-11)23-17(22-14)10(9-24)8-19-23/h2-4,7-9,11,20H,5-6H2,1H3,(H,21,22). The molecule has 1 aromatic carbocycles. The van der Waals surface area contributed by atoms with Crippen LogP contribution in [0, 0.1) is 5.82 Å². The number of methoxy groups -OCH3 is 1. The summed E-state index contributed by atoms with van der Waals surface area (Å²) in [6.07, 6.45) is 4.32. The third-order valence-electron chi connectivity index (χ3n) is 4.00. The predicted molar refractivity (Wildman–Crippen MR) is 91.3 cm³/mol. The van der Waals surface area contributed by atoms with Crippen molar-refractivity contribution in [3.05, 3.63) is 41.8 Å². The molecular weight excluding hydrogens is 325 g/mol. The molecule has 0 saturated heterocycles. The molecule has 1 fully saturated rings. The van der Waals surface area contributed by atoms with Crippen LogP contribution in [0.25, 0.3) is 5.65 Å². The van der Waals surface area contributed by atoms with Crippen molar-refractivity contribution in [2.45, 2.75) is 18.9 Å². The number of benzene rings is 1. The van der Waals surface area contributed by atoms with Crippen LogP contribution >= 0.6 is 0 Å². The highest BCUT2D eigenvalue weighted by Gasteiger charge is 2.23. The largest absolute Gasteiger partial charge is 0.494 e. The van der Waals surface area contributed by atoms with E-state index in [0.717, 1.165) is 12.8 Å². The molecule has 0 spiro atoms. The highest BCUT2D eigenvalue weighted by atomic mass is 19.1. The van der Waals surface area contributed by atoms with Gasteiger partial charge in [-0.15, -0.1) is 0 Å². The third kappa shape index (κ3) is 2.86. The number of aromatic nitrogens is 3. The zero-order valence-electron chi connectivity index (χ0n) is 13.5. The first-order valence-corrected chi connectivity index (χ1v) is 7.89. The number of ether oxygens (including phenoxy) is 1. The van der Waals surface area contributed by atoms with Crippen LogP contribution in [-0.4, -0.2) is 34.0 Å². The van der Waals surface area contributed by atoms with Gasteiger partial charge in [-0.3, -0.25) is 4.79 Å². The number of hydrogen-bond donors (Lipinski definition) is 2. The Balaban J connectivity index is 1.80. The molecule has 0 unspecified atom stereocenters. The van der Waals surface area contributed by atoms with Gasteiger partial charge in [0.15, 0.2) is 17.8 Å². The van der Waals surface area contributed by atoms with Crippen LogP contribution in [0.5, 0.6) is 5.75 Å². The van der Waals surface area contributed by atoms with E-state index in [-0.39, 0.29) is 5.69 Å². The molecule has 1 saturated carbocycles. The van der Waals surface area contributed by atoms with E-state index in [0.29, 0.717) is 40.9 Å². The normalized spacial score (nSPS) is 13.7. The number of nitrogens with one attached hydrogen (secondary N) is 2. The fourth-order valence-corrected chi connectivity index (χ4v) is 2.59. The number of nitrogens with zero attached hydrogens (tertiary/aromatic N) is 3. The van der Waals surface area contributed by atoms with Gasteiger partial charge in [0.1, 0.15) is 23.1 Å². The van der Waals surface area contributed by atoms with Crippen LogP contribution in [0.1, 0.15) is 23.2 Å². The van der Waals surface area contributed by atoms with Gasteiger partial charge in [-0.05, 0) is 25.0 Å². The molecule has 2 heterocycles. The molecule has 0 amide bonds. The van der Waals surface area contributed by atoms with Gasteiger partial charge in [0.25, 0.3) is 0 Å². The van der Waals surface area contributed by atoms with Crippen LogP contribution in [0.4, 0.5) is 21.7 Å². The Hall–Kier alpha value is -3.16. The quantitative estimate of drug-likeness (QED) is 0.671. The van der Waals surface area contributed by atoms with Gasteiger partial charge in [-0.2, -0.15) is 9.61 Å². The fourth-order valence-electron chi connectivity index (χ4n) is 2.59. The lowest BCUT2D eigenvalue weighted by atomic mass is 10.2. The Morgan fingerprint density at radius 2 is 2.24 bits per heavy atom. The Morgan fingerprint density at radius 1 is 1.40 bits per heavy atom. The van der Waals surface area contributed by atoms with Crippen molar-refractivity contribution < 1.29 is 13.9 Å². The molecule has 4 rings (SSSR count). The number of para-hydroxylation sites is 1. The molecule has 7 nitrogen and oxygen atoms in total. The van der Waals surface area contributed by atoms with Crippen molar-refractivity contribution in [3.8, 4) is 5.75 Å². The van der Waals surface area contributed by atoms with E-state index < -0.39 is 5.82 Å².